The molecule has 0 saturated heterocycles. The second-order valence-corrected chi connectivity index (χ2v) is 7.23. The molecule has 27 heavy (non-hydrogen) atoms. The number of aromatic amines is 1. The van der Waals surface area contributed by atoms with Crippen LogP contribution in [0, 0.1) is 10.7 Å². The van der Waals surface area contributed by atoms with E-state index in [0.29, 0.717) is 21.9 Å². The minimum absolute atomic E-state index is 0.0959. The maximum atomic E-state index is 13.9. The number of rotatable bonds is 2. The second-order valence-electron chi connectivity index (χ2n) is 7.23. The molecule has 0 spiro atoms. The number of halogens is 1. The third-order valence-electron chi connectivity index (χ3n) is 5.68. The zero-order valence-corrected chi connectivity index (χ0v) is 14.5. The number of hydrogen-bond acceptors (Lipinski definition) is 4. The number of benzene rings is 1. The minimum Gasteiger partial charge on any atom is -0.328 e. The van der Waals surface area contributed by atoms with E-state index in [2.05, 4.69) is 10.2 Å². The van der Waals surface area contributed by atoms with Gasteiger partial charge in [-0.25, -0.2) is 9.37 Å². The minimum atomic E-state index is -0.386. The number of H-pyrrole nitrogens is 1. The Hall–Kier alpha value is -3.09. The molecular formula is C20H17FN4O2. The summed E-state index contributed by atoms with van der Waals surface area (Å²) >= 11 is 0. The molecule has 0 aliphatic heterocycles. The van der Waals surface area contributed by atoms with Gasteiger partial charge in [-0.2, -0.15) is 4.91 Å². The van der Waals surface area contributed by atoms with Crippen LogP contribution in [0.25, 0.3) is 27.3 Å². The molecule has 1 saturated carbocycles. The standard InChI is InChI=1S/C20H17FN4O2/c21-12-3-6-14-15(9-12)18-17(7-8-22-20(18)26)25-10-16(23-19(14)25)11-1-4-13(24-27)5-2-11/h3,6-11,13H,1-2,4-5H2,(H,22,26). The van der Waals surface area contributed by atoms with Crippen molar-refractivity contribution >= 4 is 27.3 Å². The summed E-state index contributed by atoms with van der Waals surface area (Å²) in [5.41, 5.74) is 2.11. The first kappa shape index (κ1) is 16.1. The largest absolute Gasteiger partial charge is 0.328 e. The molecule has 1 aliphatic rings. The number of hydrogen-bond donors (Lipinski definition) is 1. The fourth-order valence-corrected chi connectivity index (χ4v) is 4.29. The molecule has 7 heteroatoms. The molecule has 3 heterocycles. The van der Waals surface area contributed by atoms with Gasteiger partial charge in [0.2, 0.25) is 0 Å². The van der Waals surface area contributed by atoms with Crippen molar-refractivity contribution in [2.45, 2.75) is 37.6 Å². The van der Waals surface area contributed by atoms with Crippen LogP contribution in [0.2, 0.25) is 0 Å². The predicted molar refractivity (Wildman–Crippen MR) is 102 cm³/mol. The molecule has 0 amide bonds. The zero-order valence-electron chi connectivity index (χ0n) is 14.5. The molecule has 0 unspecified atom stereocenters. The van der Waals surface area contributed by atoms with Crippen LogP contribution in [0.4, 0.5) is 4.39 Å². The molecule has 1 aromatic carbocycles. The lowest BCUT2D eigenvalue weighted by atomic mass is 9.85. The average Bonchev–Trinajstić information content (AvgIpc) is 3.13. The number of pyridine rings is 2. The van der Waals surface area contributed by atoms with E-state index in [9.17, 15) is 14.1 Å². The Labute approximate surface area is 153 Å². The first-order valence-electron chi connectivity index (χ1n) is 9.10. The van der Waals surface area contributed by atoms with E-state index in [-0.39, 0.29) is 23.3 Å². The smallest absolute Gasteiger partial charge is 0.257 e. The molecule has 1 N–H and O–H groups in total. The molecule has 0 bridgehead atoms. The Morgan fingerprint density at radius 2 is 1.96 bits per heavy atom. The third-order valence-corrected chi connectivity index (χ3v) is 5.68. The molecular weight excluding hydrogens is 347 g/mol. The van der Waals surface area contributed by atoms with E-state index in [4.69, 9.17) is 4.98 Å². The molecule has 136 valence electrons. The highest BCUT2D eigenvalue weighted by Crippen LogP contribution is 2.35. The molecule has 4 aromatic rings. The van der Waals surface area contributed by atoms with Crippen LogP contribution in [0.3, 0.4) is 0 Å². The van der Waals surface area contributed by atoms with E-state index >= 15 is 0 Å². The summed E-state index contributed by atoms with van der Waals surface area (Å²) in [6, 6.07) is 6.17. The average molecular weight is 364 g/mol. The molecule has 6 nitrogen and oxygen atoms in total. The van der Waals surface area contributed by atoms with Crippen molar-refractivity contribution in [3.05, 3.63) is 63.4 Å². The lowest BCUT2D eigenvalue weighted by Crippen LogP contribution is -2.15. The number of nitroso groups, excluding NO2 is 1. The first-order chi connectivity index (χ1) is 13.2. The summed E-state index contributed by atoms with van der Waals surface area (Å²) < 4.78 is 15.8. The van der Waals surface area contributed by atoms with E-state index in [1.165, 1.54) is 12.1 Å². The summed E-state index contributed by atoms with van der Waals surface area (Å²) in [5.74, 6) is -0.127. The van der Waals surface area contributed by atoms with Crippen molar-refractivity contribution in [2.75, 3.05) is 0 Å². The Morgan fingerprint density at radius 1 is 1.15 bits per heavy atom. The van der Waals surface area contributed by atoms with Crippen molar-refractivity contribution in [1.29, 1.82) is 0 Å². The Morgan fingerprint density at radius 3 is 2.74 bits per heavy atom. The fourth-order valence-electron chi connectivity index (χ4n) is 4.29. The number of fused-ring (bicyclic) bond motifs is 6. The lowest BCUT2D eigenvalue weighted by molar-refractivity contribution is 0.391. The van der Waals surface area contributed by atoms with Crippen molar-refractivity contribution in [2.24, 2.45) is 5.18 Å². The van der Waals surface area contributed by atoms with Gasteiger partial charge >= 0.3 is 0 Å². The molecule has 3 aromatic heterocycles. The summed E-state index contributed by atoms with van der Waals surface area (Å²) in [6.07, 6.45) is 6.84. The number of nitrogens with one attached hydrogen (secondary N) is 1. The quantitative estimate of drug-likeness (QED) is 0.426. The van der Waals surface area contributed by atoms with Crippen LogP contribution in [0.15, 0.2) is 46.6 Å². The maximum absolute atomic E-state index is 13.9. The zero-order chi connectivity index (χ0) is 18.5. The highest BCUT2D eigenvalue weighted by molar-refractivity contribution is 6.11. The van der Waals surface area contributed by atoms with Crippen LogP contribution < -0.4 is 5.56 Å². The molecule has 1 aliphatic carbocycles. The Balaban J connectivity index is 1.78. The Bertz CT molecular complexity index is 1250. The van der Waals surface area contributed by atoms with Gasteiger partial charge in [0.25, 0.3) is 5.56 Å². The molecule has 0 atom stereocenters. The van der Waals surface area contributed by atoms with E-state index < -0.39 is 0 Å². The van der Waals surface area contributed by atoms with E-state index in [1.54, 1.807) is 12.3 Å². The van der Waals surface area contributed by atoms with Gasteiger partial charge in [-0.3, -0.25) is 9.20 Å². The molecule has 1 fully saturated rings. The van der Waals surface area contributed by atoms with Crippen LogP contribution >= 0.6 is 0 Å². The third kappa shape index (κ3) is 2.45. The van der Waals surface area contributed by atoms with Crippen molar-refractivity contribution in [3.63, 3.8) is 0 Å². The normalized spacial score (nSPS) is 20.5. The highest BCUT2D eigenvalue weighted by Gasteiger charge is 2.25. The van der Waals surface area contributed by atoms with Gasteiger partial charge in [0.1, 0.15) is 11.5 Å². The summed E-state index contributed by atoms with van der Waals surface area (Å²) in [6.45, 7) is 0. The van der Waals surface area contributed by atoms with Crippen LogP contribution in [0.5, 0.6) is 0 Å². The fraction of sp³-hybridized carbons (Fsp3) is 0.300. The maximum Gasteiger partial charge on any atom is 0.257 e. The van der Waals surface area contributed by atoms with Crippen molar-refractivity contribution in [3.8, 4) is 0 Å². The van der Waals surface area contributed by atoms with Gasteiger partial charge in [0.15, 0.2) is 0 Å². The number of aromatic nitrogens is 3. The van der Waals surface area contributed by atoms with E-state index in [0.717, 1.165) is 36.8 Å². The SMILES string of the molecule is O=NC1CCC(c2cn3c4cc[nH]c(=O)c4c4cc(F)ccc4c3n2)CC1. The van der Waals surface area contributed by atoms with Gasteiger partial charge in [-0.1, -0.05) is 5.18 Å². The molecule has 0 radical (unpaired) electrons. The number of imidazole rings is 1. The lowest BCUT2D eigenvalue weighted by Gasteiger charge is -2.22. The van der Waals surface area contributed by atoms with Gasteiger partial charge in [-0.05, 0) is 49.9 Å². The summed E-state index contributed by atoms with van der Waals surface area (Å²) in [7, 11) is 0. The van der Waals surface area contributed by atoms with Gasteiger partial charge in [-0.15, -0.1) is 0 Å². The summed E-state index contributed by atoms with van der Waals surface area (Å²) in [5, 5.41) is 4.93. The van der Waals surface area contributed by atoms with E-state index in [1.807, 2.05) is 16.7 Å². The summed E-state index contributed by atoms with van der Waals surface area (Å²) in [4.78, 5) is 30.8. The van der Waals surface area contributed by atoms with Crippen molar-refractivity contribution < 1.29 is 4.39 Å². The van der Waals surface area contributed by atoms with Gasteiger partial charge < -0.3 is 4.98 Å². The monoisotopic (exact) mass is 364 g/mol. The van der Waals surface area contributed by atoms with Crippen LogP contribution in [0.1, 0.15) is 37.3 Å². The Kier molecular flexibility index (Phi) is 3.56. The second kappa shape index (κ2) is 5.97. The van der Waals surface area contributed by atoms with Gasteiger partial charge in [0, 0.05) is 29.1 Å². The topological polar surface area (TPSA) is 79.6 Å². The van der Waals surface area contributed by atoms with Crippen LogP contribution in [-0.2, 0) is 0 Å². The van der Waals surface area contributed by atoms with Crippen molar-refractivity contribution in [1.82, 2.24) is 14.4 Å². The molecule has 5 rings (SSSR count). The highest BCUT2D eigenvalue weighted by atomic mass is 19.1. The first-order valence-corrected chi connectivity index (χ1v) is 9.10. The predicted octanol–water partition coefficient (Wildman–Crippen LogP) is 4.26. The van der Waals surface area contributed by atoms with Crippen LogP contribution in [-0.4, -0.2) is 20.4 Å². The number of nitrogens with zero attached hydrogens (tertiary/aromatic N) is 3. The van der Waals surface area contributed by atoms with Gasteiger partial charge in [0.05, 0.1) is 22.6 Å².